The van der Waals surface area contributed by atoms with Crippen LogP contribution in [0, 0.1) is 20.8 Å². The zero-order valence-corrected chi connectivity index (χ0v) is 14.8. The number of aromatic nitrogens is 1. The van der Waals surface area contributed by atoms with Crippen LogP contribution in [-0.4, -0.2) is 11.1 Å². The molecule has 3 aromatic rings. The van der Waals surface area contributed by atoms with Gasteiger partial charge in [-0.25, -0.2) is 0 Å². The van der Waals surface area contributed by atoms with Crippen LogP contribution in [0.5, 0.6) is 0 Å². The standard InChI is InChI=1S/C18H17BrN2O2/c1-10-6-12(3)18-14(7-10)16(21-23-18)9-17(22)20-15-5-4-13(19)8-11(15)2/h4-8H,9H2,1-3H3,(H,20,22). The summed E-state index contributed by atoms with van der Waals surface area (Å²) in [6.07, 6.45) is 0.186. The van der Waals surface area contributed by atoms with E-state index in [1.54, 1.807) is 0 Å². The third kappa shape index (κ3) is 3.29. The molecular formula is C18H17BrN2O2. The van der Waals surface area contributed by atoms with Crippen molar-refractivity contribution in [2.45, 2.75) is 27.2 Å². The molecule has 0 aliphatic rings. The predicted octanol–water partition coefficient (Wildman–Crippen LogP) is 4.70. The number of amides is 1. The fourth-order valence-electron chi connectivity index (χ4n) is 2.68. The Bertz CT molecular complexity index is 899. The van der Waals surface area contributed by atoms with Crippen molar-refractivity contribution < 1.29 is 9.32 Å². The van der Waals surface area contributed by atoms with E-state index in [0.29, 0.717) is 5.69 Å². The Hall–Kier alpha value is -2.14. The lowest BCUT2D eigenvalue weighted by molar-refractivity contribution is -0.115. The second kappa shape index (κ2) is 6.16. The number of nitrogens with zero attached hydrogens (tertiary/aromatic N) is 1. The van der Waals surface area contributed by atoms with E-state index in [2.05, 4.69) is 26.4 Å². The highest BCUT2D eigenvalue weighted by atomic mass is 79.9. The van der Waals surface area contributed by atoms with Crippen LogP contribution in [0.25, 0.3) is 11.0 Å². The number of aryl methyl sites for hydroxylation is 3. The summed E-state index contributed by atoms with van der Waals surface area (Å²) in [5, 5.41) is 7.91. The summed E-state index contributed by atoms with van der Waals surface area (Å²) < 4.78 is 6.38. The van der Waals surface area contributed by atoms with Crippen molar-refractivity contribution in [1.29, 1.82) is 0 Å². The average Bonchev–Trinajstić information content (AvgIpc) is 2.85. The van der Waals surface area contributed by atoms with Crippen LogP contribution in [0.15, 0.2) is 39.3 Å². The summed E-state index contributed by atoms with van der Waals surface area (Å²) in [7, 11) is 0. The molecule has 1 aromatic heterocycles. The van der Waals surface area contributed by atoms with Gasteiger partial charge in [0.25, 0.3) is 0 Å². The zero-order valence-electron chi connectivity index (χ0n) is 13.2. The molecule has 0 unspecified atom stereocenters. The third-order valence-corrected chi connectivity index (χ3v) is 4.26. The molecule has 1 heterocycles. The average molecular weight is 373 g/mol. The molecule has 4 nitrogen and oxygen atoms in total. The van der Waals surface area contributed by atoms with Crippen molar-refractivity contribution in [3.63, 3.8) is 0 Å². The highest BCUT2D eigenvalue weighted by Crippen LogP contribution is 2.25. The minimum atomic E-state index is -0.107. The highest BCUT2D eigenvalue weighted by Gasteiger charge is 2.15. The number of rotatable bonds is 3. The largest absolute Gasteiger partial charge is 0.356 e. The number of nitrogens with one attached hydrogen (secondary N) is 1. The van der Waals surface area contributed by atoms with Crippen LogP contribution in [0.2, 0.25) is 0 Å². The maximum Gasteiger partial charge on any atom is 0.230 e. The number of fused-ring (bicyclic) bond motifs is 1. The SMILES string of the molecule is Cc1cc(C)c2onc(CC(=O)Nc3ccc(Br)cc3C)c2c1. The number of anilines is 1. The Kier molecular flexibility index (Phi) is 4.22. The number of carbonyl (C=O) groups excluding carboxylic acids is 1. The molecule has 0 bridgehead atoms. The molecule has 1 N–H and O–H groups in total. The van der Waals surface area contributed by atoms with Crippen molar-refractivity contribution in [2.75, 3.05) is 5.32 Å². The number of carbonyl (C=O) groups is 1. The first kappa shape index (κ1) is 15.7. The van der Waals surface area contributed by atoms with E-state index < -0.39 is 0 Å². The van der Waals surface area contributed by atoms with Gasteiger partial charge in [-0.2, -0.15) is 0 Å². The zero-order chi connectivity index (χ0) is 16.6. The minimum absolute atomic E-state index is 0.107. The molecule has 23 heavy (non-hydrogen) atoms. The lowest BCUT2D eigenvalue weighted by atomic mass is 10.1. The molecule has 0 radical (unpaired) electrons. The second-order valence-corrected chi connectivity index (χ2v) is 6.69. The minimum Gasteiger partial charge on any atom is -0.356 e. The Morgan fingerprint density at radius 1 is 1.17 bits per heavy atom. The van der Waals surface area contributed by atoms with Gasteiger partial charge in [0.2, 0.25) is 5.91 Å². The van der Waals surface area contributed by atoms with Gasteiger partial charge in [0.05, 0.1) is 6.42 Å². The van der Waals surface area contributed by atoms with E-state index in [4.69, 9.17) is 4.52 Å². The van der Waals surface area contributed by atoms with Crippen molar-refractivity contribution in [2.24, 2.45) is 0 Å². The molecular weight excluding hydrogens is 356 g/mol. The molecule has 0 aliphatic heterocycles. The van der Waals surface area contributed by atoms with Crippen LogP contribution in [0.1, 0.15) is 22.4 Å². The Morgan fingerprint density at radius 2 is 1.96 bits per heavy atom. The van der Waals surface area contributed by atoms with E-state index in [0.717, 1.165) is 37.8 Å². The van der Waals surface area contributed by atoms with Gasteiger partial charge in [0, 0.05) is 15.5 Å². The summed E-state index contributed by atoms with van der Waals surface area (Å²) in [5.41, 5.74) is 5.38. The maximum absolute atomic E-state index is 12.3. The second-order valence-electron chi connectivity index (χ2n) is 5.77. The summed E-state index contributed by atoms with van der Waals surface area (Å²) in [4.78, 5) is 12.3. The van der Waals surface area contributed by atoms with Crippen LogP contribution in [-0.2, 0) is 11.2 Å². The number of hydrogen-bond acceptors (Lipinski definition) is 3. The van der Waals surface area contributed by atoms with Gasteiger partial charge >= 0.3 is 0 Å². The quantitative estimate of drug-likeness (QED) is 0.724. The van der Waals surface area contributed by atoms with Crippen molar-refractivity contribution in [3.8, 4) is 0 Å². The van der Waals surface area contributed by atoms with Crippen LogP contribution < -0.4 is 5.32 Å². The third-order valence-electron chi connectivity index (χ3n) is 3.77. The normalized spacial score (nSPS) is 11.0. The molecule has 0 saturated heterocycles. The molecule has 0 fully saturated rings. The molecule has 0 spiro atoms. The van der Waals surface area contributed by atoms with Crippen molar-refractivity contribution in [3.05, 3.63) is 57.2 Å². The number of halogens is 1. The van der Waals surface area contributed by atoms with Gasteiger partial charge in [0.15, 0.2) is 5.58 Å². The van der Waals surface area contributed by atoms with E-state index in [1.807, 2.05) is 51.1 Å². The van der Waals surface area contributed by atoms with Crippen LogP contribution >= 0.6 is 15.9 Å². The first-order chi connectivity index (χ1) is 10.9. The molecule has 3 rings (SSSR count). The molecule has 2 aromatic carbocycles. The Labute approximate surface area is 143 Å². The van der Waals surface area contributed by atoms with Gasteiger partial charge in [-0.3, -0.25) is 4.79 Å². The molecule has 0 aliphatic carbocycles. The van der Waals surface area contributed by atoms with Gasteiger partial charge in [-0.15, -0.1) is 0 Å². The molecule has 0 atom stereocenters. The number of benzene rings is 2. The maximum atomic E-state index is 12.3. The fourth-order valence-corrected chi connectivity index (χ4v) is 3.16. The van der Waals surface area contributed by atoms with Crippen LogP contribution in [0.4, 0.5) is 5.69 Å². The summed E-state index contributed by atoms with van der Waals surface area (Å²) in [6.45, 7) is 5.96. The first-order valence-corrected chi connectivity index (χ1v) is 8.15. The Balaban J connectivity index is 1.83. The summed E-state index contributed by atoms with van der Waals surface area (Å²) in [6, 6.07) is 9.80. The van der Waals surface area contributed by atoms with E-state index in [9.17, 15) is 4.79 Å². The lowest BCUT2D eigenvalue weighted by Gasteiger charge is -2.08. The molecule has 1 amide bonds. The fraction of sp³-hybridized carbons (Fsp3) is 0.222. The van der Waals surface area contributed by atoms with E-state index in [-0.39, 0.29) is 12.3 Å². The summed E-state index contributed by atoms with van der Waals surface area (Å²) >= 11 is 3.42. The topological polar surface area (TPSA) is 55.1 Å². The van der Waals surface area contributed by atoms with Gasteiger partial charge in [-0.05, 0) is 61.7 Å². The molecule has 0 saturated carbocycles. The Morgan fingerprint density at radius 3 is 2.70 bits per heavy atom. The van der Waals surface area contributed by atoms with Gasteiger partial charge in [0.1, 0.15) is 5.69 Å². The lowest BCUT2D eigenvalue weighted by Crippen LogP contribution is -2.15. The van der Waals surface area contributed by atoms with Crippen LogP contribution in [0.3, 0.4) is 0 Å². The number of hydrogen-bond donors (Lipinski definition) is 1. The monoisotopic (exact) mass is 372 g/mol. The van der Waals surface area contributed by atoms with Crippen molar-refractivity contribution in [1.82, 2.24) is 5.16 Å². The van der Waals surface area contributed by atoms with Crippen molar-refractivity contribution >= 4 is 38.5 Å². The smallest absolute Gasteiger partial charge is 0.230 e. The molecule has 5 heteroatoms. The molecule has 118 valence electrons. The van der Waals surface area contributed by atoms with E-state index >= 15 is 0 Å². The van der Waals surface area contributed by atoms with E-state index in [1.165, 1.54) is 0 Å². The predicted molar refractivity (Wildman–Crippen MR) is 94.7 cm³/mol. The summed E-state index contributed by atoms with van der Waals surface area (Å²) in [5.74, 6) is -0.107. The highest BCUT2D eigenvalue weighted by molar-refractivity contribution is 9.10. The van der Waals surface area contributed by atoms with Gasteiger partial charge < -0.3 is 9.84 Å². The van der Waals surface area contributed by atoms with Gasteiger partial charge in [-0.1, -0.05) is 27.2 Å². The first-order valence-electron chi connectivity index (χ1n) is 7.35.